The Hall–Kier alpha value is -1.50. The zero-order chi connectivity index (χ0) is 13.9. The van der Waals surface area contributed by atoms with Crippen LogP contribution in [0.3, 0.4) is 0 Å². The van der Waals surface area contributed by atoms with Gasteiger partial charge in [-0.2, -0.15) is 0 Å². The average Bonchev–Trinajstić information content (AvgIpc) is 2.39. The van der Waals surface area contributed by atoms with Gasteiger partial charge in [-0.1, -0.05) is 29.8 Å². The molecule has 2 rings (SSSR count). The summed E-state index contributed by atoms with van der Waals surface area (Å²) in [5.74, 6) is 0. The van der Waals surface area contributed by atoms with Crippen molar-refractivity contribution >= 4 is 21.6 Å². The van der Waals surface area contributed by atoms with Gasteiger partial charge in [0.25, 0.3) is 0 Å². The SMILES string of the molecule is Cc1ccc(CNS(=O)(=O)c2cnc(Cl)nc2)cc1. The third kappa shape index (κ3) is 3.73. The molecule has 5 nitrogen and oxygen atoms in total. The predicted octanol–water partition coefficient (Wildman–Crippen LogP) is 1.92. The third-order valence-electron chi connectivity index (χ3n) is 2.49. The fraction of sp³-hybridized carbons (Fsp3) is 0.167. The van der Waals surface area contributed by atoms with E-state index in [0.717, 1.165) is 11.1 Å². The van der Waals surface area contributed by atoms with E-state index in [9.17, 15) is 8.42 Å². The van der Waals surface area contributed by atoms with Crippen LogP contribution in [0.25, 0.3) is 0 Å². The van der Waals surface area contributed by atoms with Gasteiger partial charge in [-0.3, -0.25) is 0 Å². The van der Waals surface area contributed by atoms with Gasteiger partial charge in [-0.25, -0.2) is 23.1 Å². The molecule has 0 bridgehead atoms. The summed E-state index contributed by atoms with van der Waals surface area (Å²) in [6, 6.07) is 7.59. The van der Waals surface area contributed by atoms with Gasteiger partial charge in [-0.15, -0.1) is 0 Å². The van der Waals surface area contributed by atoms with E-state index < -0.39 is 10.0 Å². The van der Waals surface area contributed by atoms with Crippen LogP contribution in [-0.2, 0) is 16.6 Å². The highest BCUT2D eigenvalue weighted by atomic mass is 35.5. The van der Waals surface area contributed by atoms with E-state index in [1.807, 2.05) is 31.2 Å². The highest BCUT2D eigenvalue weighted by molar-refractivity contribution is 7.89. The molecule has 1 N–H and O–H groups in total. The maximum Gasteiger partial charge on any atom is 0.243 e. The molecule has 0 aliphatic heterocycles. The van der Waals surface area contributed by atoms with E-state index in [4.69, 9.17) is 11.6 Å². The molecule has 1 heterocycles. The van der Waals surface area contributed by atoms with Crippen LogP contribution in [0.4, 0.5) is 0 Å². The Morgan fingerprint density at radius 2 is 1.74 bits per heavy atom. The summed E-state index contributed by atoms with van der Waals surface area (Å²) in [6.07, 6.45) is 2.35. The summed E-state index contributed by atoms with van der Waals surface area (Å²) in [5.41, 5.74) is 2.00. The number of sulfonamides is 1. The van der Waals surface area contributed by atoms with E-state index in [2.05, 4.69) is 14.7 Å². The predicted molar refractivity (Wildman–Crippen MR) is 72.2 cm³/mol. The fourth-order valence-corrected chi connectivity index (χ4v) is 2.41. The largest absolute Gasteiger partial charge is 0.243 e. The van der Waals surface area contributed by atoms with Gasteiger partial charge < -0.3 is 0 Å². The standard InChI is InChI=1S/C12H12ClN3O2S/c1-9-2-4-10(5-3-9)6-16-19(17,18)11-7-14-12(13)15-8-11/h2-5,7-8,16H,6H2,1H3. The minimum atomic E-state index is -3.62. The normalized spacial score (nSPS) is 11.5. The molecule has 0 unspecified atom stereocenters. The van der Waals surface area contributed by atoms with E-state index >= 15 is 0 Å². The summed E-state index contributed by atoms with van der Waals surface area (Å²) < 4.78 is 26.4. The molecule has 0 spiro atoms. The zero-order valence-electron chi connectivity index (χ0n) is 10.2. The number of aromatic nitrogens is 2. The van der Waals surface area contributed by atoms with Gasteiger partial charge in [0.05, 0.1) is 12.4 Å². The minimum absolute atomic E-state index is 0.0102. The first-order chi connectivity index (χ1) is 8.97. The van der Waals surface area contributed by atoms with Crippen LogP contribution >= 0.6 is 11.6 Å². The Kier molecular flexibility index (Phi) is 4.14. The number of benzene rings is 1. The van der Waals surface area contributed by atoms with Gasteiger partial charge in [0.2, 0.25) is 15.3 Å². The molecular formula is C12H12ClN3O2S. The molecule has 0 saturated heterocycles. The Bertz CT molecular complexity index is 654. The molecule has 1 aromatic heterocycles. The zero-order valence-corrected chi connectivity index (χ0v) is 11.7. The van der Waals surface area contributed by atoms with E-state index in [1.165, 1.54) is 12.4 Å². The maximum absolute atomic E-state index is 11.9. The van der Waals surface area contributed by atoms with Gasteiger partial charge in [-0.05, 0) is 24.1 Å². The molecule has 1 aromatic carbocycles. The fourth-order valence-electron chi connectivity index (χ4n) is 1.41. The van der Waals surface area contributed by atoms with Crippen molar-refractivity contribution in [1.82, 2.24) is 14.7 Å². The molecule has 0 atom stereocenters. The van der Waals surface area contributed by atoms with Crippen LogP contribution in [-0.4, -0.2) is 18.4 Å². The molecular weight excluding hydrogens is 286 g/mol. The molecule has 19 heavy (non-hydrogen) atoms. The molecule has 0 aliphatic carbocycles. The molecule has 0 amide bonds. The van der Waals surface area contributed by atoms with Crippen molar-refractivity contribution in [2.45, 2.75) is 18.4 Å². The summed E-state index contributed by atoms with van der Waals surface area (Å²) in [6.45, 7) is 2.18. The number of hydrogen-bond donors (Lipinski definition) is 1. The molecule has 100 valence electrons. The summed E-state index contributed by atoms with van der Waals surface area (Å²) in [7, 11) is -3.62. The van der Waals surface area contributed by atoms with E-state index in [-0.39, 0.29) is 16.7 Å². The molecule has 0 fully saturated rings. The molecule has 2 aromatic rings. The van der Waals surface area contributed by atoms with Crippen LogP contribution in [0.2, 0.25) is 5.28 Å². The van der Waals surface area contributed by atoms with Crippen LogP contribution in [0.15, 0.2) is 41.6 Å². The Labute approximate surface area is 116 Å². The monoisotopic (exact) mass is 297 g/mol. The van der Waals surface area contributed by atoms with E-state index in [0.29, 0.717) is 0 Å². The number of rotatable bonds is 4. The molecule has 0 saturated carbocycles. The smallest absolute Gasteiger partial charge is 0.225 e. The number of nitrogens with zero attached hydrogens (tertiary/aromatic N) is 2. The number of halogens is 1. The van der Waals surface area contributed by atoms with Gasteiger partial charge in [0.15, 0.2) is 0 Å². The maximum atomic E-state index is 11.9. The van der Waals surface area contributed by atoms with Crippen molar-refractivity contribution in [1.29, 1.82) is 0 Å². The Balaban J connectivity index is 2.09. The van der Waals surface area contributed by atoms with Crippen LogP contribution in [0.1, 0.15) is 11.1 Å². The Morgan fingerprint density at radius 3 is 2.32 bits per heavy atom. The summed E-state index contributed by atoms with van der Waals surface area (Å²) in [4.78, 5) is 7.28. The van der Waals surface area contributed by atoms with Crippen molar-refractivity contribution in [3.05, 3.63) is 53.1 Å². The molecule has 7 heteroatoms. The lowest BCUT2D eigenvalue weighted by Crippen LogP contribution is -2.23. The van der Waals surface area contributed by atoms with Gasteiger partial charge >= 0.3 is 0 Å². The first-order valence-electron chi connectivity index (χ1n) is 5.50. The first-order valence-corrected chi connectivity index (χ1v) is 7.36. The minimum Gasteiger partial charge on any atom is -0.225 e. The van der Waals surface area contributed by atoms with Gasteiger partial charge in [0, 0.05) is 6.54 Å². The number of nitrogens with one attached hydrogen (secondary N) is 1. The van der Waals surface area contributed by atoms with E-state index in [1.54, 1.807) is 0 Å². The second-order valence-corrected chi connectivity index (χ2v) is 6.10. The third-order valence-corrected chi connectivity index (χ3v) is 4.04. The van der Waals surface area contributed by atoms with Crippen LogP contribution < -0.4 is 4.72 Å². The highest BCUT2D eigenvalue weighted by Crippen LogP contribution is 2.09. The quantitative estimate of drug-likeness (QED) is 0.875. The topological polar surface area (TPSA) is 72.0 Å². The Morgan fingerprint density at radius 1 is 1.16 bits per heavy atom. The lowest BCUT2D eigenvalue weighted by Gasteiger charge is -2.06. The van der Waals surface area contributed by atoms with Gasteiger partial charge in [0.1, 0.15) is 4.90 Å². The second kappa shape index (κ2) is 5.64. The van der Waals surface area contributed by atoms with Crippen molar-refractivity contribution in [2.24, 2.45) is 0 Å². The summed E-state index contributed by atoms with van der Waals surface area (Å²) in [5, 5.41) is 0.0116. The average molecular weight is 298 g/mol. The van der Waals surface area contributed by atoms with Crippen LogP contribution in [0.5, 0.6) is 0 Å². The number of aryl methyl sites for hydroxylation is 1. The highest BCUT2D eigenvalue weighted by Gasteiger charge is 2.14. The first kappa shape index (κ1) is 13.9. The second-order valence-electron chi connectivity index (χ2n) is 4.00. The van der Waals surface area contributed by atoms with Crippen molar-refractivity contribution in [3.63, 3.8) is 0 Å². The molecule has 0 radical (unpaired) electrons. The van der Waals surface area contributed by atoms with Crippen LogP contribution in [0, 0.1) is 6.92 Å². The lowest BCUT2D eigenvalue weighted by molar-refractivity contribution is 0.580. The molecule has 0 aliphatic rings. The summed E-state index contributed by atoms with van der Waals surface area (Å²) >= 11 is 5.51. The van der Waals surface area contributed by atoms with Crippen molar-refractivity contribution in [3.8, 4) is 0 Å². The number of hydrogen-bond acceptors (Lipinski definition) is 4. The van der Waals surface area contributed by atoms with Crippen molar-refractivity contribution < 1.29 is 8.42 Å². The lowest BCUT2D eigenvalue weighted by atomic mass is 10.2. The van der Waals surface area contributed by atoms with Crippen molar-refractivity contribution in [2.75, 3.05) is 0 Å².